The molecule has 7 heteroatoms. The van der Waals surface area contributed by atoms with Crippen LogP contribution in [-0.2, 0) is 11.3 Å². The first-order valence-corrected chi connectivity index (χ1v) is 5.01. The molecule has 1 aromatic carbocycles. The Bertz CT molecular complexity index is 677. The number of aromatic hydroxyl groups is 1. The lowest BCUT2D eigenvalue weighted by molar-refractivity contribution is -0.137. The number of aliphatic carboxylic acids is 1. The fourth-order valence-corrected chi connectivity index (χ4v) is 1.60. The number of rotatable bonds is 3. The minimum atomic E-state index is -1.16. The Balaban J connectivity index is 2.69. The average molecular weight is 250 g/mol. The second-order valence-corrected chi connectivity index (χ2v) is 3.61. The highest BCUT2D eigenvalue weighted by atomic mass is 16.5. The van der Waals surface area contributed by atoms with Crippen molar-refractivity contribution in [3.05, 3.63) is 28.7 Å². The van der Waals surface area contributed by atoms with Crippen molar-refractivity contribution in [2.24, 2.45) is 0 Å². The van der Waals surface area contributed by atoms with Crippen molar-refractivity contribution >= 4 is 16.7 Å². The van der Waals surface area contributed by atoms with Gasteiger partial charge in [0.25, 0.3) is 5.56 Å². The van der Waals surface area contributed by atoms with E-state index in [1.165, 1.54) is 25.4 Å². The van der Waals surface area contributed by atoms with Crippen LogP contribution >= 0.6 is 0 Å². The summed E-state index contributed by atoms with van der Waals surface area (Å²) in [6.45, 7) is -0.516. The van der Waals surface area contributed by atoms with E-state index in [9.17, 15) is 14.7 Å². The van der Waals surface area contributed by atoms with Crippen molar-refractivity contribution in [1.82, 2.24) is 9.78 Å². The zero-order valence-corrected chi connectivity index (χ0v) is 9.45. The molecule has 94 valence electrons. The van der Waals surface area contributed by atoms with Gasteiger partial charge in [-0.1, -0.05) is 0 Å². The molecule has 0 saturated carbocycles. The average Bonchev–Trinajstić information content (AvgIpc) is 2.32. The number of nitrogens with zero attached hydrogens (tertiary/aromatic N) is 2. The number of carbonyl (C=O) groups is 1. The van der Waals surface area contributed by atoms with Crippen LogP contribution in [-0.4, -0.2) is 33.1 Å². The van der Waals surface area contributed by atoms with E-state index in [1.807, 2.05) is 0 Å². The van der Waals surface area contributed by atoms with Crippen molar-refractivity contribution in [3.63, 3.8) is 0 Å². The fraction of sp³-hybridized carbons (Fsp3) is 0.182. The first kappa shape index (κ1) is 11.9. The lowest BCUT2D eigenvalue weighted by Crippen LogP contribution is -2.26. The Morgan fingerprint density at radius 3 is 2.83 bits per heavy atom. The van der Waals surface area contributed by atoms with Crippen LogP contribution in [0, 0.1) is 0 Å². The van der Waals surface area contributed by atoms with E-state index in [4.69, 9.17) is 9.84 Å². The highest BCUT2D eigenvalue weighted by Crippen LogP contribution is 2.29. The van der Waals surface area contributed by atoms with Crippen LogP contribution in [0.15, 0.2) is 23.1 Å². The Morgan fingerprint density at radius 2 is 2.22 bits per heavy atom. The minimum Gasteiger partial charge on any atom is -0.504 e. The van der Waals surface area contributed by atoms with Gasteiger partial charge in [0.05, 0.1) is 18.7 Å². The third-order valence-electron chi connectivity index (χ3n) is 2.44. The van der Waals surface area contributed by atoms with E-state index in [2.05, 4.69) is 5.10 Å². The summed E-state index contributed by atoms with van der Waals surface area (Å²) < 4.78 is 5.73. The number of carboxylic acid groups (broad SMARTS) is 1. The number of phenols is 1. The topological polar surface area (TPSA) is 102 Å². The molecule has 18 heavy (non-hydrogen) atoms. The molecular weight excluding hydrogens is 240 g/mol. The molecule has 0 bridgehead atoms. The summed E-state index contributed by atoms with van der Waals surface area (Å²) >= 11 is 0. The zero-order chi connectivity index (χ0) is 13.3. The predicted octanol–water partition coefficient (Wildman–Crippen LogP) is 0.195. The number of fused-ring (bicyclic) bond motifs is 1. The molecule has 0 aliphatic carbocycles. The van der Waals surface area contributed by atoms with Gasteiger partial charge in [-0.3, -0.25) is 9.59 Å². The van der Waals surface area contributed by atoms with Gasteiger partial charge < -0.3 is 14.9 Å². The van der Waals surface area contributed by atoms with Crippen molar-refractivity contribution in [2.75, 3.05) is 7.11 Å². The van der Waals surface area contributed by atoms with Crippen LogP contribution in [0.2, 0.25) is 0 Å². The normalized spacial score (nSPS) is 10.5. The van der Waals surface area contributed by atoms with E-state index in [-0.39, 0.29) is 16.9 Å². The largest absolute Gasteiger partial charge is 0.504 e. The standard InChI is InChI=1S/C11H10N2O5/c1-18-9-3-7-6(2-8(9)14)4-12-13(11(7)17)5-10(15)16/h2-4,14H,5H2,1H3,(H,15,16). The second-order valence-electron chi connectivity index (χ2n) is 3.61. The lowest BCUT2D eigenvalue weighted by Gasteiger charge is -2.06. The number of phenolic OH excluding ortho intramolecular Hbond substituents is 1. The molecular formula is C11H10N2O5. The van der Waals surface area contributed by atoms with Crippen LogP contribution < -0.4 is 10.3 Å². The predicted molar refractivity (Wildman–Crippen MR) is 61.9 cm³/mol. The second kappa shape index (κ2) is 4.36. The van der Waals surface area contributed by atoms with Gasteiger partial charge in [-0.15, -0.1) is 0 Å². The molecule has 0 amide bonds. The van der Waals surface area contributed by atoms with Crippen molar-refractivity contribution in [1.29, 1.82) is 0 Å². The van der Waals surface area contributed by atoms with Gasteiger partial charge in [-0.05, 0) is 12.1 Å². The van der Waals surface area contributed by atoms with Crippen molar-refractivity contribution in [2.45, 2.75) is 6.54 Å². The molecule has 0 radical (unpaired) electrons. The molecule has 0 spiro atoms. The van der Waals surface area contributed by atoms with E-state index >= 15 is 0 Å². The summed E-state index contributed by atoms with van der Waals surface area (Å²) in [6.07, 6.45) is 1.32. The molecule has 1 heterocycles. The van der Waals surface area contributed by atoms with Crippen LogP contribution in [0.4, 0.5) is 0 Å². The van der Waals surface area contributed by atoms with Gasteiger partial charge >= 0.3 is 5.97 Å². The molecule has 7 nitrogen and oxygen atoms in total. The molecule has 0 fully saturated rings. The maximum Gasteiger partial charge on any atom is 0.325 e. The van der Waals surface area contributed by atoms with Gasteiger partial charge in [-0.25, -0.2) is 4.68 Å². The first-order chi connectivity index (χ1) is 8.52. The van der Waals surface area contributed by atoms with Gasteiger partial charge in [0.2, 0.25) is 0 Å². The van der Waals surface area contributed by atoms with E-state index < -0.39 is 18.1 Å². The number of aromatic nitrogens is 2. The Labute approximate surface area is 101 Å². The van der Waals surface area contributed by atoms with Gasteiger partial charge in [-0.2, -0.15) is 5.10 Å². The molecule has 0 aliphatic heterocycles. The lowest BCUT2D eigenvalue weighted by atomic mass is 10.2. The van der Waals surface area contributed by atoms with Gasteiger partial charge in [0, 0.05) is 5.39 Å². The van der Waals surface area contributed by atoms with E-state index in [0.717, 1.165) is 4.68 Å². The maximum absolute atomic E-state index is 11.9. The van der Waals surface area contributed by atoms with Crippen molar-refractivity contribution < 1.29 is 19.7 Å². The smallest absolute Gasteiger partial charge is 0.325 e. The summed E-state index contributed by atoms with van der Waals surface area (Å²) in [4.78, 5) is 22.5. The van der Waals surface area contributed by atoms with Crippen LogP contribution in [0.25, 0.3) is 10.8 Å². The van der Waals surface area contributed by atoms with Gasteiger partial charge in [0.1, 0.15) is 6.54 Å². The fourth-order valence-electron chi connectivity index (χ4n) is 1.60. The molecule has 0 aliphatic rings. The molecule has 0 unspecified atom stereocenters. The quantitative estimate of drug-likeness (QED) is 0.806. The molecule has 0 atom stereocenters. The van der Waals surface area contributed by atoms with Crippen LogP contribution in [0.5, 0.6) is 11.5 Å². The number of benzene rings is 1. The van der Waals surface area contributed by atoms with Crippen LogP contribution in [0.3, 0.4) is 0 Å². The summed E-state index contributed by atoms with van der Waals surface area (Å²) in [5.74, 6) is -1.12. The zero-order valence-electron chi connectivity index (χ0n) is 9.45. The number of carboxylic acids is 1. The third kappa shape index (κ3) is 1.97. The third-order valence-corrected chi connectivity index (χ3v) is 2.44. The van der Waals surface area contributed by atoms with Crippen LogP contribution in [0.1, 0.15) is 0 Å². The highest BCUT2D eigenvalue weighted by molar-refractivity contribution is 5.84. The molecule has 0 saturated heterocycles. The number of ether oxygens (including phenoxy) is 1. The molecule has 2 rings (SSSR count). The monoisotopic (exact) mass is 250 g/mol. The number of hydrogen-bond acceptors (Lipinski definition) is 5. The molecule has 2 N–H and O–H groups in total. The Morgan fingerprint density at radius 1 is 1.50 bits per heavy atom. The Kier molecular flexibility index (Phi) is 2.88. The number of methoxy groups -OCH3 is 1. The maximum atomic E-state index is 11.9. The van der Waals surface area contributed by atoms with E-state index in [1.54, 1.807) is 0 Å². The van der Waals surface area contributed by atoms with Gasteiger partial charge in [0.15, 0.2) is 11.5 Å². The Hall–Kier alpha value is -2.57. The number of hydrogen-bond donors (Lipinski definition) is 2. The molecule has 2 aromatic rings. The van der Waals surface area contributed by atoms with E-state index in [0.29, 0.717) is 5.39 Å². The summed E-state index contributed by atoms with van der Waals surface area (Å²) in [6, 6.07) is 2.70. The van der Waals surface area contributed by atoms with Crippen molar-refractivity contribution in [3.8, 4) is 11.5 Å². The summed E-state index contributed by atoms with van der Waals surface area (Å²) in [7, 11) is 1.36. The summed E-state index contributed by atoms with van der Waals surface area (Å²) in [5, 5.41) is 22.6. The summed E-state index contributed by atoms with van der Waals surface area (Å²) in [5.41, 5.74) is -0.548. The first-order valence-electron chi connectivity index (χ1n) is 5.01. The minimum absolute atomic E-state index is 0.109. The molecule has 1 aromatic heterocycles. The SMILES string of the molecule is COc1cc2c(=O)n(CC(=O)O)ncc2cc1O. The highest BCUT2D eigenvalue weighted by Gasteiger charge is 2.10.